The van der Waals surface area contributed by atoms with Gasteiger partial charge in [0, 0.05) is 12.1 Å². The van der Waals surface area contributed by atoms with Gasteiger partial charge in [0.05, 0.1) is 6.54 Å². The van der Waals surface area contributed by atoms with E-state index in [2.05, 4.69) is 45.3 Å². The Labute approximate surface area is 100 Å². The average Bonchev–Trinajstić information content (AvgIpc) is 2.25. The normalized spacial score (nSPS) is 16.6. The first kappa shape index (κ1) is 15.4. The van der Waals surface area contributed by atoms with E-state index < -0.39 is 0 Å². The van der Waals surface area contributed by atoms with Crippen LogP contribution in [0.15, 0.2) is 0 Å². The third kappa shape index (κ3) is 7.69. The lowest BCUT2D eigenvalue weighted by Crippen LogP contribution is -2.41. The van der Waals surface area contributed by atoms with E-state index in [1.54, 1.807) is 0 Å². The van der Waals surface area contributed by atoms with Gasteiger partial charge in [0.1, 0.15) is 0 Å². The van der Waals surface area contributed by atoms with E-state index in [1.807, 2.05) is 0 Å². The van der Waals surface area contributed by atoms with Crippen LogP contribution in [0, 0.1) is 5.92 Å². The van der Waals surface area contributed by atoms with Crippen molar-refractivity contribution < 1.29 is 4.79 Å². The van der Waals surface area contributed by atoms with E-state index in [-0.39, 0.29) is 11.9 Å². The standard InChI is InChI=1S/C13H28N2O/c1-6-10(3)8-12(5)15-13(16)9-14-11(4)7-2/h10-12,14H,6-9H2,1-5H3,(H,15,16). The van der Waals surface area contributed by atoms with E-state index in [0.717, 1.165) is 12.8 Å². The fourth-order valence-electron chi connectivity index (χ4n) is 1.57. The summed E-state index contributed by atoms with van der Waals surface area (Å²) in [6.45, 7) is 11.1. The zero-order valence-corrected chi connectivity index (χ0v) is 11.5. The van der Waals surface area contributed by atoms with E-state index in [4.69, 9.17) is 0 Å². The highest BCUT2D eigenvalue weighted by atomic mass is 16.1. The van der Waals surface area contributed by atoms with Gasteiger partial charge in [-0.25, -0.2) is 0 Å². The number of nitrogens with one attached hydrogen (secondary N) is 2. The van der Waals surface area contributed by atoms with Gasteiger partial charge in [-0.3, -0.25) is 4.79 Å². The van der Waals surface area contributed by atoms with Crippen molar-refractivity contribution in [3.8, 4) is 0 Å². The van der Waals surface area contributed by atoms with Gasteiger partial charge >= 0.3 is 0 Å². The first-order valence-corrected chi connectivity index (χ1v) is 6.52. The van der Waals surface area contributed by atoms with Gasteiger partial charge in [-0.05, 0) is 32.6 Å². The Morgan fingerprint density at radius 2 is 1.69 bits per heavy atom. The summed E-state index contributed by atoms with van der Waals surface area (Å²) in [7, 11) is 0. The summed E-state index contributed by atoms with van der Waals surface area (Å²) >= 11 is 0. The molecule has 0 spiro atoms. The Kier molecular flexibility index (Phi) is 8.26. The van der Waals surface area contributed by atoms with Crippen LogP contribution >= 0.6 is 0 Å². The van der Waals surface area contributed by atoms with Gasteiger partial charge in [-0.1, -0.05) is 27.2 Å². The van der Waals surface area contributed by atoms with Gasteiger partial charge in [0.15, 0.2) is 0 Å². The Morgan fingerprint density at radius 3 is 2.19 bits per heavy atom. The summed E-state index contributed by atoms with van der Waals surface area (Å²) in [6, 6.07) is 0.691. The molecule has 0 fully saturated rings. The highest BCUT2D eigenvalue weighted by Gasteiger charge is 2.10. The maximum absolute atomic E-state index is 11.6. The van der Waals surface area contributed by atoms with Gasteiger partial charge in [-0.2, -0.15) is 0 Å². The second kappa shape index (κ2) is 8.57. The maximum Gasteiger partial charge on any atom is 0.234 e. The van der Waals surface area contributed by atoms with Gasteiger partial charge < -0.3 is 10.6 Å². The van der Waals surface area contributed by atoms with Crippen molar-refractivity contribution in [1.82, 2.24) is 10.6 Å². The van der Waals surface area contributed by atoms with Crippen LogP contribution in [0.2, 0.25) is 0 Å². The molecule has 0 aliphatic rings. The van der Waals surface area contributed by atoms with Crippen molar-refractivity contribution in [1.29, 1.82) is 0 Å². The quantitative estimate of drug-likeness (QED) is 0.669. The molecule has 96 valence electrons. The summed E-state index contributed by atoms with van der Waals surface area (Å²) < 4.78 is 0. The van der Waals surface area contributed by atoms with Crippen LogP contribution in [-0.4, -0.2) is 24.5 Å². The fourth-order valence-corrected chi connectivity index (χ4v) is 1.57. The number of carbonyl (C=O) groups is 1. The zero-order valence-electron chi connectivity index (χ0n) is 11.5. The molecule has 2 N–H and O–H groups in total. The van der Waals surface area contributed by atoms with Crippen molar-refractivity contribution >= 4 is 5.91 Å². The highest BCUT2D eigenvalue weighted by molar-refractivity contribution is 5.78. The summed E-state index contributed by atoms with van der Waals surface area (Å²) in [5.41, 5.74) is 0. The minimum atomic E-state index is 0.108. The first-order chi connectivity index (χ1) is 7.49. The summed E-state index contributed by atoms with van der Waals surface area (Å²) in [4.78, 5) is 11.6. The van der Waals surface area contributed by atoms with E-state index >= 15 is 0 Å². The first-order valence-electron chi connectivity index (χ1n) is 6.52. The highest BCUT2D eigenvalue weighted by Crippen LogP contribution is 2.08. The second-order valence-corrected chi connectivity index (χ2v) is 4.91. The topological polar surface area (TPSA) is 41.1 Å². The Morgan fingerprint density at radius 1 is 1.06 bits per heavy atom. The molecule has 0 aliphatic carbocycles. The molecular formula is C13H28N2O. The molecule has 0 bridgehead atoms. The van der Waals surface area contributed by atoms with Crippen LogP contribution < -0.4 is 10.6 Å². The minimum Gasteiger partial charge on any atom is -0.353 e. The molecule has 0 aromatic carbocycles. The minimum absolute atomic E-state index is 0.108. The predicted octanol–water partition coefficient (Wildman–Crippen LogP) is 2.32. The molecule has 0 radical (unpaired) electrons. The average molecular weight is 228 g/mol. The largest absolute Gasteiger partial charge is 0.353 e. The monoisotopic (exact) mass is 228 g/mol. The Balaban J connectivity index is 3.70. The van der Waals surface area contributed by atoms with Crippen LogP contribution in [0.25, 0.3) is 0 Å². The van der Waals surface area contributed by atoms with Crippen molar-refractivity contribution in [2.75, 3.05) is 6.54 Å². The van der Waals surface area contributed by atoms with Gasteiger partial charge in [0.25, 0.3) is 0 Å². The van der Waals surface area contributed by atoms with Crippen LogP contribution in [0.3, 0.4) is 0 Å². The lowest BCUT2D eigenvalue weighted by atomic mass is 10.0. The molecule has 0 aromatic rings. The molecule has 3 heteroatoms. The number of hydrogen-bond donors (Lipinski definition) is 2. The lowest BCUT2D eigenvalue weighted by molar-refractivity contribution is -0.121. The molecule has 0 saturated heterocycles. The third-order valence-corrected chi connectivity index (χ3v) is 3.08. The number of amides is 1. The van der Waals surface area contributed by atoms with Crippen LogP contribution in [0.4, 0.5) is 0 Å². The summed E-state index contributed by atoms with van der Waals surface area (Å²) in [6.07, 6.45) is 3.28. The van der Waals surface area contributed by atoms with E-state index in [9.17, 15) is 4.79 Å². The van der Waals surface area contributed by atoms with Gasteiger partial charge in [-0.15, -0.1) is 0 Å². The zero-order chi connectivity index (χ0) is 12.6. The summed E-state index contributed by atoms with van der Waals surface area (Å²) in [5, 5.41) is 6.22. The smallest absolute Gasteiger partial charge is 0.234 e. The van der Waals surface area contributed by atoms with E-state index in [1.165, 1.54) is 6.42 Å². The predicted molar refractivity (Wildman–Crippen MR) is 69.4 cm³/mol. The SMILES string of the molecule is CCC(C)CC(C)NC(=O)CNC(C)CC. The van der Waals surface area contributed by atoms with Crippen molar-refractivity contribution in [3.63, 3.8) is 0 Å². The number of hydrogen-bond acceptors (Lipinski definition) is 2. The Hall–Kier alpha value is -0.570. The van der Waals surface area contributed by atoms with Gasteiger partial charge in [0.2, 0.25) is 5.91 Å². The number of carbonyl (C=O) groups excluding carboxylic acids is 1. The second-order valence-electron chi connectivity index (χ2n) is 4.91. The molecule has 0 aliphatic heterocycles. The molecule has 0 saturated carbocycles. The lowest BCUT2D eigenvalue weighted by Gasteiger charge is -2.18. The van der Waals surface area contributed by atoms with Crippen LogP contribution in [-0.2, 0) is 4.79 Å². The molecule has 3 unspecified atom stereocenters. The third-order valence-electron chi connectivity index (χ3n) is 3.08. The molecule has 0 aromatic heterocycles. The number of rotatable bonds is 8. The molecule has 1 amide bonds. The molecule has 0 rings (SSSR count). The maximum atomic E-state index is 11.6. The van der Waals surface area contributed by atoms with Crippen molar-refractivity contribution in [2.24, 2.45) is 5.92 Å². The van der Waals surface area contributed by atoms with Crippen LogP contribution in [0.5, 0.6) is 0 Å². The molecule has 16 heavy (non-hydrogen) atoms. The molecular weight excluding hydrogens is 200 g/mol. The van der Waals surface area contributed by atoms with Crippen molar-refractivity contribution in [3.05, 3.63) is 0 Å². The Bertz CT molecular complexity index is 194. The fraction of sp³-hybridized carbons (Fsp3) is 0.923. The molecule has 3 nitrogen and oxygen atoms in total. The molecule has 3 atom stereocenters. The van der Waals surface area contributed by atoms with Crippen molar-refractivity contribution in [2.45, 2.75) is 66.0 Å². The van der Waals surface area contributed by atoms with E-state index in [0.29, 0.717) is 18.5 Å². The molecule has 0 heterocycles. The summed E-state index contributed by atoms with van der Waals surface area (Å²) in [5.74, 6) is 0.786. The van der Waals surface area contributed by atoms with Crippen LogP contribution in [0.1, 0.15) is 53.9 Å².